The lowest BCUT2D eigenvalue weighted by molar-refractivity contribution is 0.102. The van der Waals surface area contributed by atoms with Crippen molar-refractivity contribution < 1.29 is 4.79 Å². The molecule has 0 atom stereocenters. The van der Waals surface area contributed by atoms with Gasteiger partial charge in [-0.25, -0.2) is 0 Å². The average molecular weight is 447 g/mol. The second-order valence-electron chi connectivity index (χ2n) is 6.27. The number of carbonyl (C=O) groups excluding carboxylic acids is 1. The number of nitrogens with one attached hydrogen (secondary N) is 2. The van der Waals surface area contributed by atoms with Crippen molar-refractivity contribution in [2.75, 3.05) is 5.32 Å². The molecule has 0 bridgehead atoms. The Bertz CT molecular complexity index is 1180. The van der Waals surface area contributed by atoms with Crippen LogP contribution in [0.1, 0.15) is 16.1 Å². The maximum atomic E-state index is 12.5. The Morgan fingerprint density at radius 3 is 2.66 bits per heavy atom. The van der Waals surface area contributed by atoms with Gasteiger partial charge in [0.15, 0.2) is 5.82 Å². The minimum atomic E-state index is -0.359. The van der Waals surface area contributed by atoms with Crippen LogP contribution >= 0.6 is 34.8 Å². The number of aromatic amines is 1. The molecule has 0 saturated carbocycles. The molecule has 2 heterocycles. The van der Waals surface area contributed by atoms with Crippen LogP contribution in [0.3, 0.4) is 0 Å². The summed E-state index contributed by atoms with van der Waals surface area (Å²) in [6.07, 6.45) is 1.78. The standard InChI is InChI=1S/C20H14Cl3N5O/c21-13-3-1-2-12(8-13)11-28-7-6-19(27-28)24-20(29)18-10-17(25-26-18)15-5-4-14(22)9-16(15)23/h1-10H,11H2,(H,25,26)(H,24,27,29). The van der Waals surface area contributed by atoms with Crippen molar-refractivity contribution in [1.82, 2.24) is 20.0 Å². The number of hydrogen-bond donors (Lipinski definition) is 2. The van der Waals surface area contributed by atoms with Gasteiger partial charge >= 0.3 is 0 Å². The second kappa shape index (κ2) is 8.29. The highest BCUT2D eigenvalue weighted by Gasteiger charge is 2.14. The molecule has 29 heavy (non-hydrogen) atoms. The molecule has 2 aromatic heterocycles. The Balaban J connectivity index is 1.45. The molecule has 0 radical (unpaired) electrons. The molecule has 6 nitrogen and oxygen atoms in total. The molecule has 0 aliphatic rings. The summed E-state index contributed by atoms with van der Waals surface area (Å²) in [6, 6.07) is 15.9. The first-order valence-corrected chi connectivity index (χ1v) is 9.71. The van der Waals surface area contributed by atoms with Gasteiger partial charge in [0, 0.05) is 27.9 Å². The second-order valence-corrected chi connectivity index (χ2v) is 7.55. The van der Waals surface area contributed by atoms with Crippen LogP contribution in [0.2, 0.25) is 15.1 Å². The van der Waals surface area contributed by atoms with Crippen LogP contribution in [-0.2, 0) is 6.54 Å². The fourth-order valence-electron chi connectivity index (χ4n) is 2.80. The molecular weight excluding hydrogens is 433 g/mol. The predicted molar refractivity (Wildman–Crippen MR) is 115 cm³/mol. The summed E-state index contributed by atoms with van der Waals surface area (Å²) in [6.45, 7) is 0.541. The van der Waals surface area contributed by atoms with E-state index in [9.17, 15) is 4.79 Å². The first kappa shape index (κ1) is 19.5. The van der Waals surface area contributed by atoms with Crippen molar-refractivity contribution in [3.63, 3.8) is 0 Å². The zero-order chi connectivity index (χ0) is 20.4. The summed E-state index contributed by atoms with van der Waals surface area (Å²) in [7, 11) is 0. The Hall–Kier alpha value is -2.80. The maximum Gasteiger partial charge on any atom is 0.274 e. The molecule has 4 aromatic rings. The number of halogens is 3. The minimum absolute atomic E-state index is 0.287. The average Bonchev–Trinajstić information content (AvgIpc) is 3.32. The fourth-order valence-corrected chi connectivity index (χ4v) is 3.51. The lowest BCUT2D eigenvalue weighted by Crippen LogP contribution is -2.13. The predicted octanol–water partition coefficient (Wildman–Crippen LogP) is 5.53. The number of hydrogen-bond acceptors (Lipinski definition) is 3. The van der Waals surface area contributed by atoms with E-state index in [-0.39, 0.29) is 11.6 Å². The topological polar surface area (TPSA) is 75.6 Å². The van der Waals surface area contributed by atoms with Gasteiger partial charge in [0.25, 0.3) is 5.91 Å². The van der Waals surface area contributed by atoms with E-state index in [0.29, 0.717) is 38.7 Å². The fraction of sp³-hybridized carbons (Fsp3) is 0.0500. The highest BCUT2D eigenvalue weighted by atomic mass is 35.5. The van der Waals surface area contributed by atoms with E-state index in [1.807, 2.05) is 24.3 Å². The number of amides is 1. The van der Waals surface area contributed by atoms with Gasteiger partial charge in [0.2, 0.25) is 0 Å². The van der Waals surface area contributed by atoms with Gasteiger partial charge < -0.3 is 5.32 Å². The summed E-state index contributed by atoms with van der Waals surface area (Å²) < 4.78 is 1.72. The summed E-state index contributed by atoms with van der Waals surface area (Å²) in [5.41, 5.74) is 2.52. The number of benzene rings is 2. The van der Waals surface area contributed by atoms with E-state index < -0.39 is 0 Å². The monoisotopic (exact) mass is 445 g/mol. The first-order valence-electron chi connectivity index (χ1n) is 8.58. The Kier molecular flexibility index (Phi) is 5.58. The van der Waals surface area contributed by atoms with Gasteiger partial charge in [-0.15, -0.1) is 0 Å². The summed E-state index contributed by atoms with van der Waals surface area (Å²) in [4.78, 5) is 12.5. The van der Waals surface area contributed by atoms with Crippen LogP contribution in [0.15, 0.2) is 60.8 Å². The number of H-pyrrole nitrogens is 1. The molecule has 0 spiro atoms. The third kappa shape index (κ3) is 4.62. The van der Waals surface area contributed by atoms with E-state index in [1.165, 1.54) is 0 Å². The van der Waals surface area contributed by atoms with E-state index >= 15 is 0 Å². The van der Waals surface area contributed by atoms with Gasteiger partial charge in [0.1, 0.15) is 5.69 Å². The van der Waals surface area contributed by atoms with Crippen molar-refractivity contribution in [2.45, 2.75) is 6.54 Å². The van der Waals surface area contributed by atoms with Crippen molar-refractivity contribution in [3.05, 3.63) is 87.1 Å². The van der Waals surface area contributed by atoms with Crippen LogP contribution in [0, 0.1) is 0 Å². The van der Waals surface area contributed by atoms with Gasteiger partial charge in [-0.3, -0.25) is 14.6 Å². The molecule has 9 heteroatoms. The highest BCUT2D eigenvalue weighted by molar-refractivity contribution is 6.36. The van der Waals surface area contributed by atoms with Gasteiger partial charge in [-0.1, -0.05) is 46.9 Å². The molecule has 0 unspecified atom stereocenters. The zero-order valence-electron chi connectivity index (χ0n) is 14.9. The normalized spacial score (nSPS) is 10.9. The van der Waals surface area contributed by atoms with Crippen molar-refractivity contribution in [3.8, 4) is 11.3 Å². The molecule has 0 aliphatic carbocycles. The summed E-state index contributed by atoms with van der Waals surface area (Å²) in [5.74, 6) is 0.0690. The summed E-state index contributed by atoms with van der Waals surface area (Å²) in [5, 5.41) is 15.6. The van der Waals surface area contributed by atoms with Crippen molar-refractivity contribution >= 4 is 46.5 Å². The molecule has 0 aliphatic heterocycles. The minimum Gasteiger partial charge on any atom is -0.304 e. The van der Waals surface area contributed by atoms with Crippen molar-refractivity contribution in [2.24, 2.45) is 0 Å². The highest BCUT2D eigenvalue weighted by Crippen LogP contribution is 2.29. The maximum absolute atomic E-state index is 12.5. The third-order valence-corrected chi connectivity index (χ3v) is 4.93. The molecular formula is C20H14Cl3N5O. The van der Waals surface area contributed by atoms with Crippen LogP contribution in [-0.4, -0.2) is 25.9 Å². The number of anilines is 1. The third-order valence-electron chi connectivity index (χ3n) is 4.15. The van der Waals surface area contributed by atoms with Crippen molar-refractivity contribution in [1.29, 1.82) is 0 Å². The van der Waals surface area contributed by atoms with Gasteiger partial charge in [-0.05, 0) is 42.0 Å². The van der Waals surface area contributed by atoms with Crippen LogP contribution in [0.5, 0.6) is 0 Å². The molecule has 2 N–H and O–H groups in total. The number of aromatic nitrogens is 4. The Morgan fingerprint density at radius 1 is 1.03 bits per heavy atom. The molecule has 146 valence electrons. The van der Waals surface area contributed by atoms with Crippen LogP contribution in [0.25, 0.3) is 11.3 Å². The number of carbonyl (C=O) groups is 1. The SMILES string of the molecule is O=C(Nc1ccn(Cc2cccc(Cl)c2)n1)c1cc(-c2ccc(Cl)cc2Cl)n[nH]1. The van der Waals surface area contributed by atoms with E-state index in [4.69, 9.17) is 34.8 Å². The largest absolute Gasteiger partial charge is 0.304 e. The van der Waals surface area contributed by atoms with Gasteiger partial charge in [-0.2, -0.15) is 10.2 Å². The lowest BCUT2D eigenvalue weighted by Gasteiger charge is -2.03. The molecule has 4 rings (SSSR count). The molecule has 0 saturated heterocycles. The molecule has 1 amide bonds. The van der Waals surface area contributed by atoms with E-state index in [1.54, 1.807) is 41.2 Å². The Labute approximate surface area is 181 Å². The Morgan fingerprint density at radius 2 is 1.86 bits per heavy atom. The number of nitrogens with zero attached hydrogens (tertiary/aromatic N) is 3. The van der Waals surface area contributed by atoms with E-state index in [2.05, 4.69) is 20.6 Å². The first-order chi connectivity index (χ1) is 14.0. The van der Waals surface area contributed by atoms with Gasteiger partial charge in [0.05, 0.1) is 17.3 Å². The van der Waals surface area contributed by atoms with Crippen LogP contribution in [0.4, 0.5) is 5.82 Å². The van der Waals surface area contributed by atoms with E-state index in [0.717, 1.165) is 5.56 Å². The number of rotatable bonds is 5. The molecule has 2 aromatic carbocycles. The quantitative estimate of drug-likeness (QED) is 0.423. The van der Waals surface area contributed by atoms with Crippen LogP contribution < -0.4 is 5.32 Å². The smallest absolute Gasteiger partial charge is 0.274 e. The molecule has 0 fully saturated rings. The summed E-state index contributed by atoms with van der Waals surface area (Å²) >= 11 is 18.1. The lowest BCUT2D eigenvalue weighted by atomic mass is 10.1. The zero-order valence-corrected chi connectivity index (χ0v) is 17.1.